The van der Waals surface area contributed by atoms with Crippen LogP contribution in [-0.2, 0) is 0 Å². The maximum Gasteiger partial charge on any atom is 0.257 e. The van der Waals surface area contributed by atoms with Crippen molar-refractivity contribution in [2.75, 3.05) is 13.7 Å². The number of ether oxygens (including phenoxy) is 1. The summed E-state index contributed by atoms with van der Waals surface area (Å²) < 4.78 is 5.10. The molecule has 0 unspecified atom stereocenters. The van der Waals surface area contributed by atoms with Gasteiger partial charge >= 0.3 is 0 Å². The highest BCUT2D eigenvalue weighted by atomic mass is 16.5. The van der Waals surface area contributed by atoms with E-state index in [1.165, 1.54) is 7.11 Å². The Morgan fingerprint density at radius 3 is 2.85 bits per heavy atom. The minimum absolute atomic E-state index is 0.0337. The Balaban J connectivity index is 2.13. The number of hydrogen-bond acceptors (Lipinski definition) is 4. The molecule has 1 fully saturated rings. The van der Waals surface area contributed by atoms with Crippen molar-refractivity contribution < 1.29 is 14.6 Å². The number of rotatable bonds is 4. The lowest BCUT2D eigenvalue weighted by molar-refractivity contribution is 0.0714. The number of aliphatic hydroxyl groups excluding tert-OH is 1. The first kappa shape index (κ1) is 14.8. The summed E-state index contributed by atoms with van der Waals surface area (Å²) in [5.74, 6) is 0.723. The Morgan fingerprint density at radius 1 is 1.55 bits per heavy atom. The Bertz CT molecular complexity index is 468. The van der Waals surface area contributed by atoms with Crippen molar-refractivity contribution in [2.24, 2.45) is 5.92 Å². The van der Waals surface area contributed by atoms with Gasteiger partial charge in [-0.3, -0.25) is 4.79 Å². The molecule has 1 saturated carbocycles. The summed E-state index contributed by atoms with van der Waals surface area (Å²) in [5, 5.41) is 12.7. The van der Waals surface area contributed by atoms with E-state index in [2.05, 4.69) is 17.2 Å². The lowest BCUT2D eigenvalue weighted by Crippen LogP contribution is -2.53. The number of aliphatic hydroxyl groups is 1. The molecule has 1 aromatic rings. The molecule has 1 amide bonds. The third-order valence-electron chi connectivity index (χ3n) is 4.12. The third kappa shape index (κ3) is 3.10. The number of pyridine rings is 1. The number of carbonyl (C=O) groups excluding carboxylic acids is 1. The molecule has 20 heavy (non-hydrogen) atoms. The fourth-order valence-corrected chi connectivity index (χ4v) is 2.67. The molecule has 0 bridgehead atoms. The summed E-state index contributed by atoms with van der Waals surface area (Å²) in [6.45, 7) is 2.17. The molecule has 1 aliphatic carbocycles. The van der Waals surface area contributed by atoms with Gasteiger partial charge in [-0.15, -0.1) is 0 Å². The van der Waals surface area contributed by atoms with Gasteiger partial charge in [0, 0.05) is 6.20 Å². The highest BCUT2D eigenvalue weighted by molar-refractivity contribution is 5.96. The number of nitrogens with zero attached hydrogens (tertiary/aromatic N) is 1. The van der Waals surface area contributed by atoms with Crippen molar-refractivity contribution in [3.8, 4) is 5.88 Å². The van der Waals surface area contributed by atoms with E-state index in [1.54, 1.807) is 18.3 Å². The van der Waals surface area contributed by atoms with Crippen molar-refractivity contribution in [3.05, 3.63) is 23.9 Å². The van der Waals surface area contributed by atoms with E-state index < -0.39 is 5.54 Å². The first-order valence-electron chi connectivity index (χ1n) is 7.02. The van der Waals surface area contributed by atoms with E-state index in [0.717, 1.165) is 25.7 Å². The molecule has 1 heterocycles. The number of hydrogen-bond donors (Lipinski definition) is 2. The predicted molar refractivity (Wildman–Crippen MR) is 75.7 cm³/mol. The summed E-state index contributed by atoms with van der Waals surface area (Å²) in [5.41, 5.74) is -0.105. The zero-order valence-corrected chi connectivity index (χ0v) is 12.1. The van der Waals surface area contributed by atoms with Crippen LogP contribution in [0.1, 0.15) is 43.0 Å². The molecule has 1 aliphatic rings. The molecule has 2 rings (SSSR count). The molecule has 5 heteroatoms. The molecule has 0 spiro atoms. The first-order chi connectivity index (χ1) is 9.60. The van der Waals surface area contributed by atoms with Gasteiger partial charge in [0.25, 0.3) is 5.91 Å². The maximum atomic E-state index is 12.4. The second-order valence-corrected chi connectivity index (χ2v) is 5.64. The monoisotopic (exact) mass is 278 g/mol. The molecular weight excluding hydrogens is 256 g/mol. The highest BCUT2D eigenvalue weighted by Crippen LogP contribution is 2.32. The second kappa shape index (κ2) is 6.22. The summed E-state index contributed by atoms with van der Waals surface area (Å²) in [7, 11) is 1.49. The van der Waals surface area contributed by atoms with Crippen LogP contribution in [0, 0.1) is 5.92 Å². The second-order valence-electron chi connectivity index (χ2n) is 5.64. The molecule has 0 radical (unpaired) electrons. The standard InChI is InChI=1S/C15H22N2O3/c1-11-5-7-15(10-18,8-6-11)17-13(19)12-4-3-9-16-14(12)20-2/h3-4,9,11,18H,5-8,10H2,1-2H3,(H,17,19). The van der Waals surface area contributed by atoms with Crippen LogP contribution in [0.3, 0.4) is 0 Å². The fraction of sp³-hybridized carbons (Fsp3) is 0.600. The lowest BCUT2D eigenvalue weighted by atomic mass is 9.77. The molecule has 110 valence electrons. The van der Waals surface area contributed by atoms with E-state index in [-0.39, 0.29) is 12.5 Å². The van der Waals surface area contributed by atoms with Gasteiger partial charge in [0.1, 0.15) is 5.56 Å². The van der Waals surface area contributed by atoms with Gasteiger partial charge in [0.05, 0.1) is 19.3 Å². The average Bonchev–Trinajstić information content (AvgIpc) is 2.49. The Hall–Kier alpha value is -1.62. The first-order valence-corrected chi connectivity index (χ1v) is 7.02. The van der Waals surface area contributed by atoms with Crippen LogP contribution in [0.25, 0.3) is 0 Å². The van der Waals surface area contributed by atoms with Gasteiger partial charge in [0.15, 0.2) is 0 Å². The molecule has 2 N–H and O–H groups in total. The number of amides is 1. The molecule has 0 atom stereocenters. The van der Waals surface area contributed by atoms with Crippen molar-refractivity contribution in [1.29, 1.82) is 0 Å². The molecule has 5 nitrogen and oxygen atoms in total. The minimum Gasteiger partial charge on any atom is -0.480 e. The minimum atomic E-state index is -0.509. The van der Waals surface area contributed by atoms with Crippen LogP contribution in [0.2, 0.25) is 0 Å². The zero-order chi connectivity index (χ0) is 14.6. The van der Waals surface area contributed by atoms with Crippen LogP contribution >= 0.6 is 0 Å². The van der Waals surface area contributed by atoms with E-state index in [0.29, 0.717) is 17.4 Å². The summed E-state index contributed by atoms with van der Waals surface area (Å²) in [4.78, 5) is 16.4. The van der Waals surface area contributed by atoms with Crippen molar-refractivity contribution in [3.63, 3.8) is 0 Å². The summed E-state index contributed by atoms with van der Waals surface area (Å²) in [6.07, 6.45) is 5.23. The largest absolute Gasteiger partial charge is 0.480 e. The lowest BCUT2D eigenvalue weighted by Gasteiger charge is -2.38. The van der Waals surface area contributed by atoms with Crippen molar-refractivity contribution in [1.82, 2.24) is 10.3 Å². The quantitative estimate of drug-likeness (QED) is 0.880. The topological polar surface area (TPSA) is 71.5 Å². The van der Waals surface area contributed by atoms with Gasteiger partial charge in [-0.2, -0.15) is 0 Å². The normalized spacial score (nSPS) is 26.1. The smallest absolute Gasteiger partial charge is 0.257 e. The Kier molecular flexibility index (Phi) is 4.60. The number of carbonyl (C=O) groups is 1. The van der Waals surface area contributed by atoms with Gasteiger partial charge in [-0.05, 0) is 43.7 Å². The Morgan fingerprint density at radius 2 is 2.25 bits per heavy atom. The summed E-state index contributed by atoms with van der Waals surface area (Å²) in [6, 6.07) is 3.38. The third-order valence-corrected chi connectivity index (χ3v) is 4.12. The molecule has 0 aliphatic heterocycles. The van der Waals surface area contributed by atoms with Crippen molar-refractivity contribution in [2.45, 2.75) is 38.1 Å². The van der Waals surface area contributed by atoms with E-state index in [9.17, 15) is 9.90 Å². The fourth-order valence-electron chi connectivity index (χ4n) is 2.67. The van der Waals surface area contributed by atoms with E-state index in [1.807, 2.05) is 0 Å². The van der Waals surface area contributed by atoms with Crippen molar-refractivity contribution >= 4 is 5.91 Å². The van der Waals surface area contributed by atoms with Crippen LogP contribution < -0.4 is 10.1 Å². The van der Waals surface area contributed by atoms with Gasteiger partial charge < -0.3 is 15.2 Å². The van der Waals surface area contributed by atoms with Crippen LogP contribution in [0.4, 0.5) is 0 Å². The number of nitrogens with one attached hydrogen (secondary N) is 1. The molecule has 0 aromatic carbocycles. The molecule has 1 aromatic heterocycles. The van der Waals surface area contributed by atoms with Gasteiger partial charge in [-0.1, -0.05) is 6.92 Å². The maximum absolute atomic E-state index is 12.4. The van der Waals surface area contributed by atoms with Gasteiger partial charge in [-0.25, -0.2) is 4.98 Å². The average molecular weight is 278 g/mol. The van der Waals surface area contributed by atoms with Gasteiger partial charge in [0.2, 0.25) is 5.88 Å². The predicted octanol–water partition coefficient (Wildman–Crippen LogP) is 1.76. The van der Waals surface area contributed by atoms with Crippen LogP contribution in [-0.4, -0.2) is 35.3 Å². The Labute approximate surface area is 119 Å². The number of methoxy groups -OCH3 is 1. The molecular formula is C15H22N2O3. The highest BCUT2D eigenvalue weighted by Gasteiger charge is 2.35. The SMILES string of the molecule is COc1ncccc1C(=O)NC1(CO)CCC(C)CC1. The zero-order valence-electron chi connectivity index (χ0n) is 12.1. The summed E-state index contributed by atoms with van der Waals surface area (Å²) >= 11 is 0. The van der Waals surface area contributed by atoms with E-state index >= 15 is 0 Å². The van der Waals surface area contributed by atoms with Crippen LogP contribution in [0.15, 0.2) is 18.3 Å². The molecule has 0 saturated heterocycles. The number of aromatic nitrogens is 1. The van der Waals surface area contributed by atoms with E-state index in [4.69, 9.17) is 4.74 Å². The van der Waals surface area contributed by atoms with Crippen LogP contribution in [0.5, 0.6) is 5.88 Å².